The van der Waals surface area contributed by atoms with Crippen molar-refractivity contribution in [1.29, 1.82) is 0 Å². The number of furan rings is 1. The van der Waals surface area contributed by atoms with E-state index < -0.39 is 5.97 Å². The van der Waals surface area contributed by atoms with Crippen LogP contribution >= 0.6 is 0 Å². The van der Waals surface area contributed by atoms with Crippen LogP contribution < -0.4 is 5.32 Å². The third-order valence-electron chi connectivity index (χ3n) is 3.64. The van der Waals surface area contributed by atoms with Gasteiger partial charge in [-0.1, -0.05) is 19.8 Å². The monoisotopic (exact) mass is 265 g/mol. The highest BCUT2D eigenvalue weighted by atomic mass is 16.4. The third kappa shape index (κ3) is 3.59. The van der Waals surface area contributed by atoms with Crippen LogP contribution in [0, 0.1) is 11.8 Å². The van der Waals surface area contributed by atoms with Gasteiger partial charge in [0, 0.05) is 6.54 Å². The molecule has 2 rings (SSSR count). The lowest BCUT2D eigenvalue weighted by Crippen LogP contribution is -2.31. The van der Waals surface area contributed by atoms with E-state index >= 15 is 0 Å². The van der Waals surface area contributed by atoms with E-state index in [1.807, 2.05) is 0 Å². The van der Waals surface area contributed by atoms with E-state index in [1.54, 1.807) is 0 Å². The van der Waals surface area contributed by atoms with Crippen LogP contribution in [0.15, 0.2) is 16.5 Å². The van der Waals surface area contributed by atoms with Gasteiger partial charge in [-0.25, -0.2) is 4.79 Å². The van der Waals surface area contributed by atoms with Crippen molar-refractivity contribution >= 4 is 11.9 Å². The number of carboxylic acids is 1. The first kappa shape index (κ1) is 13.6. The van der Waals surface area contributed by atoms with Crippen LogP contribution in [-0.4, -0.2) is 23.5 Å². The number of aromatic carboxylic acids is 1. The smallest absolute Gasteiger partial charge is 0.371 e. The molecule has 1 aromatic heterocycles. The maximum absolute atomic E-state index is 11.8. The van der Waals surface area contributed by atoms with E-state index in [9.17, 15) is 9.59 Å². The number of nitrogens with one attached hydrogen (secondary N) is 1. The molecule has 1 aliphatic rings. The van der Waals surface area contributed by atoms with Crippen molar-refractivity contribution in [3.63, 3.8) is 0 Å². The maximum Gasteiger partial charge on any atom is 0.371 e. The summed E-state index contributed by atoms with van der Waals surface area (Å²) in [5.41, 5.74) is 0. The fourth-order valence-corrected chi connectivity index (χ4v) is 2.64. The summed E-state index contributed by atoms with van der Waals surface area (Å²) in [6, 6.07) is 2.68. The van der Waals surface area contributed by atoms with Crippen molar-refractivity contribution < 1.29 is 19.1 Å². The predicted octanol–water partition coefficient (Wildman–Crippen LogP) is 2.53. The molecule has 1 saturated carbocycles. The Morgan fingerprint density at radius 2 is 2.11 bits per heavy atom. The Balaban J connectivity index is 1.85. The number of carboxylic acid groups (broad SMARTS) is 1. The number of hydrogen-bond donors (Lipinski definition) is 2. The molecule has 0 aliphatic heterocycles. The van der Waals surface area contributed by atoms with Crippen LogP contribution in [0.2, 0.25) is 0 Å². The predicted molar refractivity (Wildman–Crippen MR) is 69.1 cm³/mol. The number of carbonyl (C=O) groups excluding carboxylic acids is 1. The molecule has 5 nitrogen and oxygen atoms in total. The first-order valence-electron chi connectivity index (χ1n) is 6.67. The normalized spacial score (nSPS) is 23.0. The van der Waals surface area contributed by atoms with Gasteiger partial charge in [-0.2, -0.15) is 0 Å². The first-order chi connectivity index (χ1) is 9.06. The van der Waals surface area contributed by atoms with Crippen molar-refractivity contribution in [1.82, 2.24) is 5.32 Å². The summed E-state index contributed by atoms with van der Waals surface area (Å²) in [4.78, 5) is 22.5. The van der Waals surface area contributed by atoms with Gasteiger partial charge in [0.25, 0.3) is 5.91 Å². The standard InChI is InChI=1S/C14H19NO4/c1-9-3-2-4-10(7-9)8-15-13(16)11-5-6-12(19-11)14(17)18/h5-6,9-10H,2-4,7-8H2,1H3,(H,15,16)(H,17,18). The average molecular weight is 265 g/mol. The van der Waals surface area contributed by atoms with Crippen LogP contribution in [0.25, 0.3) is 0 Å². The first-order valence-corrected chi connectivity index (χ1v) is 6.67. The zero-order valence-corrected chi connectivity index (χ0v) is 11.0. The quantitative estimate of drug-likeness (QED) is 0.876. The second-order valence-electron chi connectivity index (χ2n) is 5.32. The van der Waals surface area contributed by atoms with Gasteiger partial charge >= 0.3 is 5.97 Å². The Bertz CT molecular complexity index is 466. The van der Waals surface area contributed by atoms with E-state index in [-0.39, 0.29) is 17.4 Å². The second kappa shape index (κ2) is 5.91. The molecule has 2 atom stereocenters. The SMILES string of the molecule is CC1CCCC(CNC(=O)c2ccc(C(=O)O)o2)C1. The minimum atomic E-state index is -1.17. The molecule has 1 amide bonds. The summed E-state index contributed by atoms with van der Waals surface area (Å²) in [6.07, 6.45) is 4.76. The molecule has 0 bridgehead atoms. The molecule has 0 spiro atoms. The summed E-state index contributed by atoms with van der Waals surface area (Å²) >= 11 is 0. The minimum absolute atomic E-state index is 0.0567. The van der Waals surface area contributed by atoms with Gasteiger partial charge in [0.05, 0.1) is 0 Å². The lowest BCUT2D eigenvalue weighted by Gasteiger charge is -2.26. The Morgan fingerprint density at radius 3 is 2.74 bits per heavy atom. The molecule has 1 aliphatic carbocycles. The third-order valence-corrected chi connectivity index (χ3v) is 3.64. The van der Waals surface area contributed by atoms with Crippen LogP contribution in [0.3, 0.4) is 0 Å². The summed E-state index contributed by atoms with van der Waals surface area (Å²) < 4.78 is 4.96. The molecule has 1 heterocycles. The molecule has 5 heteroatoms. The van der Waals surface area contributed by atoms with Gasteiger partial charge in [0.2, 0.25) is 5.76 Å². The van der Waals surface area contributed by atoms with Crippen LogP contribution in [-0.2, 0) is 0 Å². The fourth-order valence-electron chi connectivity index (χ4n) is 2.64. The summed E-state index contributed by atoms with van der Waals surface area (Å²) in [6.45, 7) is 2.87. The Morgan fingerprint density at radius 1 is 1.37 bits per heavy atom. The Kier molecular flexibility index (Phi) is 4.24. The zero-order valence-electron chi connectivity index (χ0n) is 11.0. The van der Waals surface area contributed by atoms with Gasteiger partial charge in [-0.3, -0.25) is 4.79 Å². The lowest BCUT2D eigenvalue weighted by atomic mass is 9.82. The lowest BCUT2D eigenvalue weighted by molar-refractivity contribution is 0.0659. The van der Waals surface area contributed by atoms with Crippen molar-refractivity contribution in [3.8, 4) is 0 Å². The molecule has 0 saturated heterocycles. The van der Waals surface area contributed by atoms with Crippen molar-refractivity contribution in [2.45, 2.75) is 32.6 Å². The number of hydrogen-bond acceptors (Lipinski definition) is 3. The van der Waals surface area contributed by atoms with Crippen molar-refractivity contribution in [2.75, 3.05) is 6.54 Å². The molecular weight excluding hydrogens is 246 g/mol. The topological polar surface area (TPSA) is 79.5 Å². The zero-order chi connectivity index (χ0) is 13.8. The van der Waals surface area contributed by atoms with Gasteiger partial charge in [-0.05, 0) is 36.8 Å². The van der Waals surface area contributed by atoms with E-state index in [2.05, 4.69) is 12.2 Å². The van der Waals surface area contributed by atoms with Gasteiger partial charge < -0.3 is 14.8 Å². The number of carbonyl (C=O) groups is 2. The van der Waals surface area contributed by atoms with E-state index in [1.165, 1.54) is 25.0 Å². The van der Waals surface area contributed by atoms with E-state index in [0.29, 0.717) is 12.5 Å². The molecule has 0 aromatic carbocycles. The summed E-state index contributed by atoms with van der Waals surface area (Å²) in [5.74, 6) is -0.428. The van der Waals surface area contributed by atoms with Crippen LogP contribution in [0.5, 0.6) is 0 Å². The number of amides is 1. The van der Waals surface area contributed by atoms with Crippen molar-refractivity contribution in [2.24, 2.45) is 11.8 Å². The largest absolute Gasteiger partial charge is 0.475 e. The maximum atomic E-state index is 11.8. The molecule has 2 unspecified atom stereocenters. The van der Waals surface area contributed by atoms with Crippen molar-refractivity contribution in [3.05, 3.63) is 23.7 Å². The molecule has 1 aromatic rings. The summed E-state index contributed by atoms with van der Waals surface area (Å²) in [7, 11) is 0. The Hall–Kier alpha value is -1.78. The fraction of sp³-hybridized carbons (Fsp3) is 0.571. The van der Waals surface area contributed by atoms with Gasteiger partial charge in [0.1, 0.15) is 0 Å². The minimum Gasteiger partial charge on any atom is -0.475 e. The molecular formula is C14H19NO4. The van der Waals surface area contributed by atoms with E-state index in [0.717, 1.165) is 18.8 Å². The average Bonchev–Trinajstić information content (AvgIpc) is 2.86. The molecule has 0 radical (unpaired) electrons. The summed E-state index contributed by atoms with van der Waals surface area (Å²) in [5, 5.41) is 11.5. The highest BCUT2D eigenvalue weighted by Gasteiger charge is 2.20. The molecule has 2 N–H and O–H groups in total. The van der Waals surface area contributed by atoms with Crippen LogP contribution in [0.1, 0.15) is 53.7 Å². The molecule has 104 valence electrons. The van der Waals surface area contributed by atoms with Crippen LogP contribution in [0.4, 0.5) is 0 Å². The molecule has 19 heavy (non-hydrogen) atoms. The van der Waals surface area contributed by atoms with Gasteiger partial charge in [0.15, 0.2) is 5.76 Å². The second-order valence-corrected chi connectivity index (χ2v) is 5.32. The molecule has 1 fully saturated rings. The van der Waals surface area contributed by atoms with Gasteiger partial charge in [-0.15, -0.1) is 0 Å². The van der Waals surface area contributed by atoms with E-state index in [4.69, 9.17) is 9.52 Å². The highest BCUT2D eigenvalue weighted by molar-refractivity contribution is 5.93. The number of rotatable bonds is 4. The Labute approximate surface area is 112 Å². The highest BCUT2D eigenvalue weighted by Crippen LogP contribution is 2.27.